The van der Waals surface area contributed by atoms with Crippen LogP contribution in [0.3, 0.4) is 0 Å². The van der Waals surface area contributed by atoms with Crippen LogP contribution in [-0.2, 0) is 9.59 Å². The van der Waals surface area contributed by atoms with Crippen LogP contribution in [0, 0.1) is 5.82 Å². The standard InChI is InChI=1S/C19H18FN3O3/c1-12(24)21-17-11-14(7-8-16(17)20)22-19(26)13-4-2-5-15(10-13)23-9-3-6-18(23)25/h2,4-5,7-8,10-11H,3,6,9H2,1H3,(H,21,24)(H,22,26). The lowest BCUT2D eigenvalue weighted by atomic mass is 10.1. The Balaban J connectivity index is 1.78. The lowest BCUT2D eigenvalue weighted by molar-refractivity contribution is -0.117. The minimum absolute atomic E-state index is 0.00767. The Hall–Kier alpha value is -3.22. The van der Waals surface area contributed by atoms with E-state index >= 15 is 0 Å². The Bertz CT molecular complexity index is 882. The quantitative estimate of drug-likeness (QED) is 0.884. The fourth-order valence-corrected chi connectivity index (χ4v) is 2.83. The number of hydrogen-bond donors (Lipinski definition) is 2. The highest BCUT2D eigenvalue weighted by Crippen LogP contribution is 2.24. The number of benzene rings is 2. The molecule has 0 radical (unpaired) electrons. The van der Waals surface area contributed by atoms with E-state index < -0.39 is 11.7 Å². The SMILES string of the molecule is CC(=O)Nc1cc(NC(=O)c2cccc(N3CCCC3=O)c2)ccc1F. The van der Waals surface area contributed by atoms with E-state index in [-0.39, 0.29) is 17.5 Å². The maximum atomic E-state index is 13.7. The average molecular weight is 355 g/mol. The topological polar surface area (TPSA) is 78.5 Å². The number of anilines is 3. The molecule has 0 atom stereocenters. The Morgan fingerprint density at radius 3 is 2.62 bits per heavy atom. The number of hydrogen-bond acceptors (Lipinski definition) is 3. The van der Waals surface area contributed by atoms with E-state index in [1.165, 1.54) is 25.1 Å². The van der Waals surface area contributed by atoms with Crippen LogP contribution in [0.25, 0.3) is 0 Å². The predicted octanol–water partition coefficient (Wildman–Crippen LogP) is 3.16. The predicted molar refractivity (Wildman–Crippen MR) is 96.7 cm³/mol. The molecule has 0 spiro atoms. The molecular weight excluding hydrogens is 337 g/mol. The summed E-state index contributed by atoms with van der Waals surface area (Å²) < 4.78 is 13.7. The van der Waals surface area contributed by atoms with Crippen LogP contribution in [0.2, 0.25) is 0 Å². The molecule has 3 rings (SSSR count). The molecule has 1 aliphatic rings. The molecular formula is C19H18FN3O3. The maximum Gasteiger partial charge on any atom is 0.255 e. The summed E-state index contributed by atoms with van der Waals surface area (Å²) in [5.41, 5.74) is 1.40. The van der Waals surface area contributed by atoms with Gasteiger partial charge in [0.15, 0.2) is 0 Å². The molecule has 0 unspecified atom stereocenters. The van der Waals surface area contributed by atoms with Gasteiger partial charge in [0.2, 0.25) is 11.8 Å². The van der Waals surface area contributed by atoms with Crippen molar-refractivity contribution in [2.24, 2.45) is 0 Å². The molecule has 3 amide bonds. The summed E-state index contributed by atoms with van der Waals surface area (Å²) in [4.78, 5) is 37.1. The zero-order chi connectivity index (χ0) is 18.7. The molecule has 0 saturated carbocycles. The molecule has 2 N–H and O–H groups in total. The molecule has 1 heterocycles. The molecule has 6 nitrogen and oxygen atoms in total. The van der Waals surface area contributed by atoms with E-state index in [9.17, 15) is 18.8 Å². The average Bonchev–Trinajstić information content (AvgIpc) is 3.03. The van der Waals surface area contributed by atoms with Gasteiger partial charge in [0.05, 0.1) is 5.69 Å². The highest BCUT2D eigenvalue weighted by Gasteiger charge is 2.22. The molecule has 2 aromatic rings. The lowest BCUT2D eigenvalue weighted by Crippen LogP contribution is -2.24. The largest absolute Gasteiger partial charge is 0.324 e. The second kappa shape index (κ2) is 7.35. The van der Waals surface area contributed by atoms with E-state index in [4.69, 9.17) is 0 Å². The second-order valence-electron chi connectivity index (χ2n) is 6.03. The number of amides is 3. The molecule has 134 valence electrons. The maximum absolute atomic E-state index is 13.7. The number of halogens is 1. The Morgan fingerprint density at radius 1 is 1.12 bits per heavy atom. The van der Waals surface area contributed by atoms with Gasteiger partial charge in [0.1, 0.15) is 5.82 Å². The summed E-state index contributed by atoms with van der Waals surface area (Å²) in [5, 5.41) is 5.04. The van der Waals surface area contributed by atoms with Crippen molar-refractivity contribution in [3.8, 4) is 0 Å². The summed E-state index contributed by atoms with van der Waals surface area (Å²) in [6.45, 7) is 1.91. The summed E-state index contributed by atoms with van der Waals surface area (Å²) in [5.74, 6) is -1.34. The van der Waals surface area contributed by atoms with Gasteiger partial charge >= 0.3 is 0 Å². The summed E-state index contributed by atoms with van der Waals surface area (Å²) >= 11 is 0. The summed E-state index contributed by atoms with van der Waals surface area (Å²) in [7, 11) is 0. The third-order valence-corrected chi connectivity index (χ3v) is 4.03. The monoisotopic (exact) mass is 355 g/mol. The zero-order valence-electron chi connectivity index (χ0n) is 14.2. The number of rotatable bonds is 4. The van der Waals surface area contributed by atoms with Gasteiger partial charge in [-0.2, -0.15) is 0 Å². The Kier molecular flexibility index (Phi) is 4.97. The van der Waals surface area contributed by atoms with Crippen molar-refractivity contribution in [1.29, 1.82) is 0 Å². The zero-order valence-corrected chi connectivity index (χ0v) is 14.2. The number of carbonyl (C=O) groups excluding carboxylic acids is 3. The first kappa shape index (κ1) is 17.6. The Labute approximate surface area is 150 Å². The van der Waals surface area contributed by atoms with Crippen molar-refractivity contribution in [3.63, 3.8) is 0 Å². The molecule has 1 saturated heterocycles. The highest BCUT2D eigenvalue weighted by atomic mass is 19.1. The van der Waals surface area contributed by atoms with Gasteiger partial charge in [-0.25, -0.2) is 4.39 Å². The molecule has 2 aromatic carbocycles. The van der Waals surface area contributed by atoms with Gasteiger partial charge in [0, 0.05) is 36.8 Å². The van der Waals surface area contributed by atoms with Crippen LogP contribution in [0.4, 0.5) is 21.5 Å². The first-order valence-electron chi connectivity index (χ1n) is 8.23. The van der Waals surface area contributed by atoms with Crippen LogP contribution in [0.1, 0.15) is 30.1 Å². The van der Waals surface area contributed by atoms with Crippen molar-refractivity contribution in [1.82, 2.24) is 0 Å². The number of nitrogens with one attached hydrogen (secondary N) is 2. The smallest absolute Gasteiger partial charge is 0.255 e. The lowest BCUT2D eigenvalue weighted by Gasteiger charge is -2.16. The van der Waals surface area contributed by atoms with E-state index in [0.29, 0.717) is 29.9 Å². The van der Waals surface area contributed by atoms with Crippen LogP contribution >= 0.6 is 0 Å². The number of nitrogens with zero attached hydrogens (tertiary/aromatic N) is 1. The second-order valence-corrected chi connectivity index (χ2v) is 6.03. The van der Waals surface area contributed by atoms with Gasteiger partial charge in [-0.1, -0.05) is 6.07 Å². The Morgan fingerprint density at radius 2 is 1.92 bits per heavy atom. The van der Waals surface area contributed by atoms with Gasteiger partial charge in [-0.3, -0.25) is 14.4 Å². The van der Waals surface area contributed by atoms with Crippen molar-refractivity contribution < 1.29 is 18.8 Å². The first-order valence-corrected chi connectivity index (χ1v) is 8.23. The third-order valence-electron chi connectivity index (χ3n) is 4.03. The van der Waals surface area contributed by atoms with Crippen LogP contribution < -0.4 is 15.5 Å². The van der Waals surface area contributed by atoms with E-state index in [1.54, 1.807) is 29.2 Å². The fraction of sp³-hybridized carbons (Fsp3) is 0.211. The molecule has 0 aromatic heterocycles. The first-order chi connectivity index (χ1) is 12.4. The van der Waals surface area contributed by atoms with E-state index in [0.717, 1.165) is 6.42 Å². The van der Waals surface area contributed by atoms with Crippen LogP contribution in [0.15, 0.2) is 42.5 Å². The van der Waals surface area contributed by atoms with Gasteiger partial charge in [-0.05, 0) is 42.8 Å². The highest BCUT2D eigenvalue weighted by molar-refractivity contribution is 6.06. The van der Waals surface area contributed by atoms with Gasteiger partial charge in [0.25, 0.3) is 5.91 Å². The fourth-order valence-electron chi connectivity index (χ4n) is 2.83. The van der Waals surface area contributed by atoms with Crippen molar-refractivity contribution in [2.45, 2.75) is 19.8 Å². The minimum atomic E-state index is -0.590. The third kappa shape index (κ3) is 3.88. The van der Waals surface area contributed by atoms with E-state index in [1.807, 2.05) is 0 Å². The molecule has 1 fully saturated rings. The van der Waals surface area contributed by atoms with Crippen LogP contribution in [-0.4, -0.2) is 24.3 Å². The van der Waals surface area contributed by atoms with Gasteiger partial charge in [-0.15, -0.1) is 0 Å². The molecule has 1 aliphatic heterocycles. The van der Waals surface area contributed by atoms with E-state index in [2.05, 4.69) is 10.6 Å². The van der Waals surface area contributed by atoms with Gasteiger partial charge < -0.3 is 15.5 Å². The minimum Gasteiger partial charge on any atom is -0.324 e. The van der Waals surface area contributed by atoms with Crippen molar-refractivity contribution in [3.05, 3.63) is 53.8 Å². The summed E-state index contributed by atoms with van der Waals surface area (Å²) in [6, 6.07) is 10.7. The number of carbonyl (C=O) groups is 3. The molecule has 26 heavy (non-hydrogen) atoms. The normalized spacial score (nSPS) is 13.6. The molecule has 7 heteroatoms. The van der Waals surface area contributed by atoms with Crippen molar-refractivity contribution >= 4 is 34.8 Å². The summed E-state index contributed by atoms with van der Waals surface area (Å²) in [6.07, 6.45) is 1.31. The van der Waals surface area contributed by atoms with Crippen LogP contribution in [0.5, 0.6) is 0 Å². The molecule has 0 aliphatic carbocycles. The van der Waals surface area contributed by atoms with Crippen molar-refractivity contribution in [2.75, 3.05) is 22.1 Å². The molecule has 0 bridgehead atoms.